The van der Waals surface area contributed by atoms with Crippen LogP contribution in [0, 0.1) is 5.92 Å². The van der Waals surface area contributed by atoms with Crippen molar-refractivity contribution in [3.63, 3.8) is 0 Å². The van der Waals surface area contributed by atoms with Crippen molar-refractivity contribution in [3.05, 3.63) is 12.2 Å². The molecule has 1 saturated heterocycles. The summed E-state index contributed by atoms with van der Waals surface area (Å²) in [5.74, 6) is 2.48. The highest BCUT2D eigenvalue weighted by Gasteiger charge is 2.40. The molecule has 2 aliphatic rings. The number of rotatable bonds is 2. The summed E-state index contributed by atoms with van der Waals surface area (Å²) in [6.45, 7) is 3.69. The van der Waals surface area contributed by atoms with E-state index in [1.807, 2.05) is 49.5 Å². The summed E-state index contributed by atoms with van der Waals surface area (Å²) in [5, 5.41) is 20.6. The van der Waals surface area contributed by atoms with Gasteiger partial charge in [0.1, 0.15) is 5.60 Å². The van der Waals surface area contributed by atoms with Gasteiger partial charge in [0.15, 0.2) is 0 Å². The normalized spacial score (nSPS) is 36.1. The molecular formula is C13H22O2S2. The fourth-order valence-electron chi connectivity index (χ4n) is 2.41. The van der Waals surface area contributed by atoms with Crippen molar-refractivity contribution < 1.29 is 10.2 Å². The summed E-state index contributed by atoms with van der Waals surface area (Å²) in [6, 6.07) is 0. The van der Waals surface area contributed by atoms with Gasteiger partial charge < -0.3 is 10.2 Å². The van der Waals surface area contributed by atoms with Crippen LogP contribution in [0.3, 0.4) is 0 Å². The number of thioether (sulfide) groups is 2. The molecule has 1 aliphatic heterocycles. The predicted octanol–water partition coefficient (Wildman–Crippen LogP) is 2.65. The summed E-state index contributed by atoms with van der Waals surface area (Å²) in [7, 11) is 0. The van der Waals surface area contributed by atoms with Gasteiger partial charge >= 0.3 is 0 Å². The van der Waals surface area contributed by atoms with Crippen molar-refractivity contribution in [2.75, 3.05) is 11.5 Å². The van der Waals surface area contributed by atoms with Gasteiger partial charge in [-0.1, -0.05) is 12.2 Å². The van der Waals surface area contributed by atoms with Crippen LogP contribution in [0.2, 0.25) is 0 Å². The molecule has 2 nitrogen and oxygen atoms in total. The van der Waals surface area contributed by atoms with Crippen LogP contribution in [0.4, 0.5) is 0 Å². The van der Waals surface area contributed by atoms with Crippen LogP contribution in [0.5, 0.6) is 0 Å². The zero-order valence-corrected chi connectivity index (χ0v) is 12.2. The monoisotopic (exact) mass is 274 g/mol. The van der Waals surface area contributed by atoms with E-state index in [0.29, 0.717) is 0 Å². The standard InChI is InChI=1S/C13H22O2S2/c1-12(2,14)10-4-6-13(15,7-5-10)11-16-8-3-9-17-11/h4,6,10-11,14-15H,3,5,7-9H2,1-2H3/t10-,13-/m0/s1. The Morgan fingerprint density at radius 3 is 2.41 bits per heavy atom. The average Bonchev–Trinajstić information content (AvgIpc) is 2.29. The molecule has 2 N–H and O–H groups in total. The maximum absolute atomic E-state index is 10.7. The van der Waals surface area contributed by atoms with E-state index in [4.69, 9.17) is 0 Å². The Kier molecular flexibility index (Phi) is 4.18. The van der Waals surface area contributed by atoms with Crippen molar-refractivity contribution in [2.24, 2.45) is 5.92 Å². The third-order valence-corrected chi connectivity index (χ3v) is 6.90. The molecule has 0 saturated carbocycles. The molecule has 0 aromatic heterocycles. The minimum absolute atomic E-state index is 0.168. The first-order valence-electron chi connectivity index (χ1n) is 6.29. The van der Waals surface area contributed by atoms with Gasteiger partial charge in [0.25, 0.3) is 0 Å². The zero-order valence-electron chi connectivity index (χ0n) is 10.6. The molecule has 0 aromatic rings. The van der Waals surface area contributed by atoms with Crippen LogP contribution in [-0.2, 0) is 0 Å². The smallest absolute Gasteiger partial charge is 0.104 e. The molecule has 0 radical (unpaired) electrons. The fraction of sp³-hybridized carbons (Fsp3) is 0.846. The van der Waals surface area contributed by atoms with E-state index in [0.717, 1.165) is 24.3 Å². The van der Waals surface area contributed by atoms with Gasteiger partial charge in [-0.3, -0.25) is 0 Å². The van der Waals surface area contributed by atoms with Crippen LogP contribution >= 0.6 is 23.5 Å². The molecule has 2 rings (SSSR count). The largest absolute Gasteiger partial charge is 0.390 e. The maximum atomic E-state index is 10.7. The van der Waals surface area contributed by atoms with Crippen LogP contribution in [0.1, 0.15) is 33.1 Å². The molecule has 0 bridgehead atoms. The molecule has 2 atom stereocenters. The molecule has 1 heterocycles. The van der Waals surface area contributed by atoms with E-state index in [2.05, 4.69) is 0 Å². The molecule has 17 heavy (non-hydrogen) atoms. The molecular weight excluding hydrogens is 252 g/mol. The second-order valence-electron chi connectivity index (χ2n) is 5.58. The molecule has 98 valence electrons. The third-order valence-electron chi connectivity index (χ3n) is 3.62. The van der Waals surface area contributed by atoms with Gasteiger partial charge in [0, 0.05) is 5.92 Å². The van der Waals surface area contributed by atoms with Crippen molar-refractivity contribution in [2.45, 2.75) is 48.9 Å². The van der Waals surface area contributed by atoms with Gasteiger partial charge in [-0.15, -0.1) is 23.5 Å². The van der Waals surface area contributed by atoms with Crippen molar-refractivity contribution in [1.82, 2.24) is 0 Å². The Labute approximate surface area is 112 Å². The first-order valence-corrected chi connectivity index (χ1v) is 8.39. The minimum atomic E-state index is -0.676. The Hall–Kier alpha value is 0.360. The van der Waals surface area contributed by atoms with E-state index in [-0.39, 0.29) is 10.5 Å². The van der Waals surface area contributed by atoms with Gasteiger partial charge in [-0.2, -0.15) is 0 Å². The average molecular weight is 274 g/mol. The highest BCUT2D eigenvalue weighted by atomic mass is 32.2. The Morgan fingerprint density at radius 1 is 1.29 bits per heavy atom. The van der Waals surface area contributed by atoms with E-state index < -0.39 is 11.2 Å². The van der Waals surface area contributed by atoms with E-state index >= 15 is 0 Å². The third kappa shape index (κ3) is 3.22. The molecule has 0 aromatic carbocycles. The summed E-state index contributed by atoms with van der Waals surface area (Å²) < 4.78 is 0.273. The molecule has 1 fully saturated rings. The van der Waals surface area contributed by atoms with Gasteiger partial charge in [0.05, 0.1) is 10.2 Å². The lowest BCUT2D eigenvalue weighted by Gasteiger charge is -2.40. The lowest BCUT2D eigenvalue weighted by atomic mass is 9.78. The van der Waals surface area contributed by atoms with Crippen molar-refractivity contribution >= 4 is 23.5 Å². The first-order chi connectivity index (χ1) is 7.92. The van der Waals surface area contributed by atoms with Gasteiger partial charge in [-0.25, -0.2) is 0 Å². The van der Waals surface area contributed by atoms with Crippen molar-refractivity contribution in [3.8, 4) is 0 Å². The van der Waals surface area contributed by atoms with Crippen LogP contribution in [-0.4, -0.2) is 37.5 Å². The topological polar surface area (TPSA) is 40.5 Å². The predicted molar refractivity (Wildman–Crippen MR) is 76.4 cm³/mol. The highest BCUT2D eigenvalue weighted by molar-refractivity contribution is 8.17. The van der Waals surface area contributed by atoms with Crippen LogP contribution in [0.25, 0.3) is 0 Å². The SMILES string of the molecule is CC(C)(O)[C@H]1C=C[C@@](O)(C2SCCCS2)CC1. The lowest BCUT2D eigenvalue weighted by Crippen LogP contribution is -2.43. The van der Waals surface area contributed by atoms with E-state index in [9.17, 15) is 10.2 Å². The lowest BCUT2D eigenvalue weighted by molar-refractivity contribution is 0.0108. The molecule has 0 unspecified atom stereocenters. The highest BCUT2D eigenvalue weighted by Crippen LogP contribution is 2.44. The van der Waals surface area contributed by atoms with Gasteiger partial charge in [0.2, 0.25) is 0 Å². The Morgan fingerprint density at radius 2 is 1.94 bits per heavy atom. The fourth-order valence-corrected chi connectivity index (χ4v) is 5.58. The van der Waals surface area contributed by atoms with Gasteiger partial charge in [-0.05, 0) is 44.6 Å². The molecule has 0 amide bonds. The number of hydrogen-bond donors (Lipinski definition) is 2. The van der Waals surface area contributed by atoms with E-state index in [1.54, 1.807) is 0 Å². The summed E-state index contributed by atoms with van der Waals surface area (Å²) in [4.78, 5) is 0. The molecule has 1 aliphatic carbocycles. The number of hydrogen-bond acceptors (Lipinski definition) is 4. The summed E-state index contributed by atoms with van der Waals surface area (Å²) in [5.41, 5.74) is -1.35. The summed E-state index contributed by atoms with van der Waals surface area (Å²) in [6.07, 6.45) is 6.84. The Balaban J connectivity index is 2.04. The van der Waals surface area contributed by atoms with Crippen LogP contribution < -0.4 is 0 Å². The van der Waals surface area contributed by atoms with Crippen LogP contribution in [0.15, 0.2) is 12.2 Å². The number of aliphatic hydroxyl groups is 2. The van der Waals surface area contributed by atoms with Crippen molar-refractivity contribution in [1.29, 1.82) is 0 Å². The maximum Gasteiger partial charge on any atom is 0.104 e. The minimum Gasteiger partial charge on any atom is -0.390 e. The second kappa shape index (κ2) is 5.16. The first kappa shape index (κ1) is 13.8. The zero-order chi connectivity index (χ0) is 12.5. The molecule has 4 heteroatoms. The Bertz CT molecular complexity index is 292. The second-order valence-corrected chi connectivity index (χ2v) is 8.30. The van der Waals surface area contributed by atoms with E-state index in [1.165, 1.54) is 6.42 Å². The molecule has 0 spiro atoms. The summed E-state index contributed by atoms with van der Waals surface area (Å²) >= 11 is 3.75. The quantitative estimate of drug-likeness (QED) is 0.760.